The zero-order valence-corrected chi connectivity index (χ0v) is 11.7. The molecule has 0 radical (unpaired) electrons. The summed E-state index contributed by atoms with van der Waals surface area (Å²) in [6.07, 6.45) is 1.70. The second kappa shape index (κ2) is 8.50. The van der Waals surface area contributed by atoms with Crippen LogP contribution in [0, 0.1) is 6.92 Å². The maximum absolute atomic E-state index is 4.22. The molecule has 2 aromatic rings. The molecule has 3 heteroatoms. The molecule has 0 aliphatic heterocycles. The van der Waals surface area contributed by atoms with Crippen molar-refractivity contribution in [1.29, 1.82) is 0 Å². The zero-order valence-electron chi connectivity index (χ0n) is 11.7. The largest absolute Gasteiger partial charge is 0.255 e. The SMILES string of the molecule is CC.CC.Cc1ccc(-c2ncn(C)n2)cc1. The molecule has 17 heavy (non-hydrogen) atoms. The number of hydrogen-bond acceptors (Lipinski definition) is 2. The number of rotatable bonds is 1. The van der Waals surface area contributed by atoms with Crippen molar-refractivity contribution in [3.05, 3.63) is 36.2 Å². The average Bonchev–Trinajstić information content (AvgIpc) is 2.82. The minimum Gasteiger partial charge on any atom is -0.255 e. The first kappa shape index (κ1) is 15.4. The molecule has 0 aliphatic rings. The first-order valence-corrected chi connectivity index (χ1v) is 6.18. The number of nitrogens with zero attached hydrogens (tertiary/aromatic N) is 3. The Morgan fingerprint density at radius 3 is 1.88 bits per heavy atom. The zero-order chi connectivity index (χ0) is 13.3. The van der Waals surface area contributed by atoms with E-state index in [0.29, 0.717) is 0 Å². The van der Waals surface area contributed by atoms with Gasteiger partial charge in [-0.1, -0.05) is 57.5 Å². The smallest absolute Gasteiger partial charge is 0.181 e. The van der Waals surface area contributed by atoms with Crippen LogP contribution in [0.1, 0.15) is 33.3 Å². The van der Waals surface area contributed by atoms with Crippen molar-refractivity contribution in [3.63, 3.8) is 0 Å². The number of aromatic nitrogens is 3. The summed E-state index contributed by atoms with van der Waals surface area (Å²) in [4.78, 5) is 4.17. The van der Waals surface area contributed by atoms with Crippen LogP contribution in [0.5, 0.6) is 0 Å². The lowest BCUT2D eigenvalue weighted by Crippen LogP contribution is -1.87. The highest BCUT2D eigenvalue weighted by molar-refractivity contribution is 5.54. The van der Waals surface area contributed by atoms with Crippen LogP contribution in [-0.2, 0) is 7.05 Å². The van der Waals surface area contributed by atoms with E-state index in [1.54, 1.807) is 11.0 Å². The molecule has 0 saturated heterocycles. The van der Waals surface area contributed by atoms with Gasteiger partial charge < -0.3 is 0 Å². The topological polar surface area (TPSA) is 30.7 Å². The summed E-state index contributed by atoms with van der Waals surface area (Å²) >= 11 is 0. The van der Waals surface area contributed by atoms with Gasteiger partial charge in [-0.05, 0) is 6.92 Å². The average molecular weight is 233 g/mol. The molecule has 1 aromatic heterocycles. The van der Waals surface area contributed by atoms with E-state index >= 15 is 0 Å². The molecule has 0 bridgehead atoms. The van der Waals surface area contributed by atoms with Gasteiger partial charge in [0.2, 0.25) is 0 Å². The minimum atomic E-state index is 0.780. The van der Waals surface area contributed by atoms with Gasteiger partial charge >= 0.3 is 0 Å². The van der Waals surface area contributed by atoms with Gasteiger partial charge in [-0.15, -0.1) is 0 Å². The summed E-state index contributed by atoms with van der Waals surface area (Å²) in [7, 11) is 1.87. The van der Waals surface area contributed by atoms with Crippen LogP contribution in [0.15, 0.2) is 30.6 Å². The minimum absolute atomic E-state index is 0.780. The lowest BCUT2D eigenvalue weighted by atomic mass is 10.1. The standard InChI is InChI=1S/C10H11N3.2C2H6/c1-8-3-5-9(6-4-8)10-11-7-13(2)12-10;2*1-2/h3-7H,1-2H3;2*1-2H3. The van der Waals surface area contributed by atoms with Crippen molar-refractivity contribution in [3.8, 4) is 11.4 Å². The third kappa shape index (κ3) is 4.81. The normalized spacial score (nSPS) is 8.59. The van der Waals surface area contributed by atoms with Crippen LogP contribution in [-0.4, -0.2) is 14.8 Å². The quantitative estimate of drug-likeness (QED) is 0.749. The highest BCUT2D eigenvalue weighted by Gasteiger charge is 2.00. The molecule has 0 atom stereocenters. The van der Waals surface area contributed by atoms with Crippen LogP contribution >= 0.6 is 0 Å². The van der Waals surface area contributed by atoms with Crippen LogP contribution in [0.25, 0.3) is 11.4 Å². The Balaban J connectivity index is 0.000000581. The predicted molar refractivity (Wildman–Crippen MR) is 73.9 cm³/mol. The molecule has 0 fully saturated rings. The van der Waals surface area contributed by atoms with Gasteiger partial charge in [0.15, 0.2) is 5.82 Å². The lowest BCUT2D eigenvalue weighted by molar-refractivity contribution is 0.768. The van der Waals surface area contributed by atoms with Crippen molar-refractivity contribution in [1.82, 2.24) is 14.8 Å². The number of hydrogen-bond donors (Lipinski definition) is 0. The molecule has 1 aromatic carbocycles. The second-order valence-electron chi connectivity index (χ2n) is 3.11. The summed E-state index contributed by atoms with van der Waals surface area (Å²) < 4.78 is 1.70. The van der Waals surface area contributed by atoms with Gasteiger partial charge in [-0.3, -0.25) is 4.68 Å². The van der Waals surface area contributed by atoms with Gasteiger partial charge in [-0.25, -0.2) is 4.98 Å². The Morgan fingerprint density at radius 1 is 0.941 bits per heavy atom. The fourth-order valence-corrected chi connectivity index (χ4v) is 1.17. The van der Waals surface area contributed by atoms with E-state index in [4.69, 9.17) is 0 Å². The third-order valence-electron chi connectivity index (χ3n) is 1.91. The Labute approximate surface area is 105 Å². The Bertz CT molecular complexity index is 402. The summed E-state index contributed by atoms with van der Waals surface area (Å²) in [6, 6.07) is 8.19. The van der Waals surface area contributed by atoms with Gasteiger partial charge in [0.1, 0.15) is 6.33 Å². The van der Waals surface area contributed by atoms with Gasteiger partial charge in [0.05, 0.1) is 0 Å². The number of aryl methyl sites for hydroxylation is 2. The first-order chi connectivity index (χ1) is 8.25. The predicted octanol–water partition coefficient (Wildman–Crippen LogP) is 3.84. The van der Waals surface area contributed by atoms with Gasteiger partial charge in [0.25, 0.3) is 0 Å². The van der Waals surface area contributed by atoms with Gasteiger partial charge in [-0.2, -0.15) is 5.10 Å². The summed E-state index contributed by atoms with van der Waals surface area (Å²) in [5.74, 6) is 0.780. The Morgan fingerprint density at radius 2 is 1.47 bits per heavy atom. The molecule has 0 aliphatic carbocycles. The number of benzene rings is 1. The fraction of sp³-hybridized carbons (Fsp3) is 0.429. The lowest BCUT2D eigenvalue weighted by Gasteiger charge is -1.95. The molecule has 0 amide bonds. The molecule has 0 unspecified atom stereocenters. The van der Waals surface area contributed by atoms with Crippen molar-refractivity contribution < 1.29 is 0 Å². The van der Waals surface area contributed by atoms with Crippen LogP contribution in [0.2, 0.25) is 0 Å². The van der Waals surface area contributed by atoms with Crippen molar-refractivity contribution in [2.24, 2.45) is 7.05 Å². The third-order valence-corrected chi connectivity index (χ3v) is 1.91. The van der Waals surface area contributed by atoms with Crippen molar-refractivity contribution in [2.75, 3.05) is 0 Å². The van der Waals surface area contributed by atoms with E-state index in [-0.39, 0.29) is 0 Å². The first-order valence-electron chi connectivity index (χ1n) is 6.18. The van der Waals surface area contributed by atoms with Crippen molar-refractivity contribution >= 4 is 0 Å². The monoisotopic (exact) mass is 233 g/mol. The van der Waals surface area contributed by atoms with E-state index < -0.39 is 0 Å². The van der Waals surface area contributed by atoms with E-state index in [0.717, 1.165) is 11.4 Å². The molecule has 3 nitrogen and oxygen atoms in total. The molecule has 94 valence electrons. The van der Waals surface area contributed by atoms with E-state index in [1.807, 2.05) is 46.9 Å². The van der Waals surface area contributed by atoms with Crippen LogP contribution in [0.3, 0.4) is 0 Å². The molecule has 1 heterocycles. The molecular weight excluding hydrogens is 210 g/mol. The molecule has 0 saturated carbocycles. The second-order valence-corrected chi connectivity index (χ2v) is 3.11. The Kier molecular flexibility index (Phi) is 7.68. The molecule has 0 spiro atoms. The van der Waals surface area contributed by atoms with Crippen LogP contribution < -0.4 is 0 Å². The van der Waals surface area contributed by atoms with Gasteiger partial charge in [0, 0.05) is 12.6 Å². The molecule has 0 N–H and O–H groups in total. The fourth-order valence-electron chi connectivity index (χ4n) is 1.17. The Hall–Kier alpha value is -1.64. The van der Waals surface area contributed by atoms with E-state index in [1.165, 1.54) is 5.56 Å². The van der Waals surface area contributed by atoms with E-state index in [9.17, 15) is 0 Å². The molecular formula is C14H23N3. The maximum atomic E-state index is 4.22. The van der Waals surface area contributed by atoms with Crippen LogP contribution in [0.4, 0.5) is 0 Å². The highest BCUT2D eigenvalue weighted by atomic mass is 15.3. The highest BCUT2D eigenvalue weighted by Crippen LogP contribution is 2.13. The van der Waals surface area contributed by atoms with Crippen molar-refractivity contribution in [2.45, 2.75) is 34.6 Å². The van der Waals surface area contributed by atoms with E-state index in [2.05, 4.69) is 29.1 Å². The maximum Gasteiger partial charge on any atom is 0.181 e. The molecule has 2 rings (SSSR count). The summed E-state index contributed by atoms with van der Waals surface area (Å²) in [5.41, 5.74) is 2.31. The summed E-state index contributed by atoms with van der Waals surface area (Å²) in [6.45, 7) is 10.1. The summed E-state index contributed by atoms with van der Waals surface area (Å²) in [5, 5.41) is 4.22.